The first-order valence-electron chi connectivity index (χ1n) is 36.4. The van der Waals surface area contributed by atoms with Crippen molar-refractivity contribution in [3.05, 3.63) is 89.7 Å². The monoisotopic (exact) mass is 1500 g/mol. The minimum absolute atomic E-state index is 0.0189. The number of ether oxygens (including phenoxy) is 4. The van der Waals surface area contributed by atoms with E-state index in [0.29, 0.717) is 87.8 Å². The maximum atomic E-state index is 14.4. The van der Waals surface area contributed by atoms with E-state index in [1.54, 1.807) is 48.8 Å². The van der Waals surface area contributed by atoms with Crippen LogP contribution in [0.15, 0.2) is 73.1 Å². The van der Waals surface area contributed by atoms with Crippen molar-refractivity contribution < 1.29 is 86.4 Å². The summed E-state index contributed by atoms with van der Waals surface area (Å²) in [5, 5.41) is 39.9. The Hall–Kier alpha value is -9.15. The van der Waals surface area contributed by atoms with E-state index in [1.165, 1.54) is 0 Å². The Kier molecular flexibility index (Phi) is 44.4. The summed E-state index contributed by atoms with van der Waals surface area (Å²) in [7, 11) is 0. The van der Waals surface area contributed by atoms with Gasteiger partial charge in [-0.1, -0.05) is 62.1 Å². The molecular formula is C73H110N14O18S. The van der Waals surface area contributed by atoms with Gasteiger partial charge in [0.15, 0.2) is 0 Å². The number of hydrogen-bond donors (Lipinski definition) is 15. The molecule has 1 aliphatic rings. The molecule has 1 aromatic heterocycles. The number of benzene rings is 2. The van der Waals surface area contributed by atoms with Gasteiger partial charge < -0.3 is 94.0 Å². The Morgan fingerprint density at radius 3 is 1.65 bits per heavy atom. The minimum atomic E-state index is -1.34. The Morgan fingerprint density at radius 2 is 1.08 bits per heavy atom. The average molecular weight is 1500 g/mol. The van der Waals surface area contributed by atoms with Crippen molar-refractivity contribution in [3.63, 3.8) is 0 Å². The van der Waals surface area contributed by atoms with Crippen LogP contribution in [0.4, 0.5) is 16.2 Å². The van der Waals surface area contributed by atoms with Crippen LogP contribution in [0.25, 0.3) is 0 Å². The second-order valence-electron chi connectivity index (χ2n) is 25.7. The Morgan fingerprint density at radius 1 is 0.538 bits per heavy atom. The molecule has 2 aromatic carbocycles. The number of nitrogens with zero attached hydrogens (tertiary/aromatic N) is 1. The molecule has 0 unspecified atom stereocenters. The molecule has 1 fully saturated rings. The number of para-hydroxylation sites is 1. The second kappa shape index (κ2) is 52.8. The van der Waals surface area contributed by atoms with Crippen molar-refractivity contribution in [3.8, 4) is 0 Å². The number of carbonyl (C=O) groups excluding carboxylic acids is 12. The zero-order chi connectivity index (χ0) is 77.2. The largest absolute Gasteiger partial charge is 0.481 e. The highest BCUT2D eigenvalue weighted by Crippen LogP contribution is 2.29. The summed E-state index contributed by atoms with van der Waals surface area (Å²) in [5.41, 5.74) is 13.3. The molecule has 1 heterocycles. The molecule has 0 saturated heterocycles. The highest BCUT2D eigenvalue weighted by atomic mass is 32.1. The van der Waals surface area contributed by atoms with Crippen molar-refractivity contribution in [2.24, 2.45) is 17.4 Å². The van der Waals surface area contributed by atoms with Crippen LogP contribution in [0.1, 0.15) is 145 Å². The molecule has 1 aliphatic carbocycles. The van der Waals surface area contributed by atoms with Gasteiger partial charge in [0.1, 0.15) is 23.4 Å². The lowest BCUT2D eigenvalue weighted by molar-refractivity contribution is -0.138. The quantitative estimate of drug-likeness (QED) is 0.0285. The van der Waals surface area contributed by atoms with Gasteiger partial charge in [-0.05, 0) is 112 Å². The zero-order valence-corrected chi connectivity index (χ0v) is 61.7. The van der Waals surface area contributed by atoms with Crippen molar-refractivity contribution in [2.45, 2.75) is 172 Å². The molecule has 32 nitrogen and oxygen atoms in total. The summed E-state index contributed by atoms with van der Waals surface area (Å²) in [6.45, 7) is 4.62. The summed E-state index contributed by atoms with van der Waals surface area (Å²) in [6.07, 6.45) is 8.28. The van der Waals surface area contributed by atoms with Gasteiger partial charge in [0.25, 0.3) is 0 Å². The number of aromatic nitrogens is 1. The molecule has 16 N–H and O–H groups in total. The smallest absolute Gasteiger partial charge is 0.323 e. The number of thiol groups is 1. The van der Waals surface area contributed by atoms with Crippen LogP contribution in [0.3, 0.4) is 0 Å². The summed E-state index contributed by atoms with van der Waals surface area (Å²) >= 11 is 3.98. The Labute approximate surface area is 624 Å². The van der Waals surface area contributed by atoms with Gasteiger partial charge >= 0.3 is 12.0 Å². The SMILES string of the molecule is Cc1ccccc1NC(=O)Nc1ccc(CC(=O)C[C@@H](CCCCNC(=O)CCc2cccnc2)C(=O)N[C@@H](CCCC(=O)O)C(=O)NC2(C(=O)NCCOCCOCCNC(=O)CCC(=O)NCCOCCOCCNC(=O)CCC(=O)N[C@@H](CCCCNC(=O)[C@H](N)CS)C(N)=O)CCCCC2)cc1. The lowest BCUT2D eigenvalue weighted by Crippen LogP contribution is -2.63. The number of carboxylic acid groups (broad SMARTS) is 1. The van der Waals surface area contributed by atoms with Crippen LogP contribution >= 0.6 is 12.6 Å². The summed E-state index contributed by atoms with van der Waals surface area (Å²) in [4.78, 5) is 171. The molecule has 0 aliphatic heterocycles. The number of urea groups is 1. The molecule has 4 atom stereocenters. The van der Waals surface area contributed by atoms with Crippen molar-refractivity contribution >= 4 is 101 Å². The molecular weight excluding hydrogens is 1390 g/mol. The number of ketones is 1. The van der Waals surface area contributed by atoms with Crippen LogP contribution in [0, 0.1) is 12.8 Å². The summed E-state index contributed by atoms with van der Waals surface area (Å²) < 4.78 is 22.1. The van der Waals surface area contributed by atoms with Gasteiger partial charge in [0.05, 0.1) is 58.9 Å². The molecule has 3 aromatic rings. The number of hydrogen-bond acceptors (Lipinski definition) is 20. The highest BCUT2D eigenvalue weighted by Gasteiger charge is 2.42. The van der Waals surface area contributed by atoms with Gasteiger partial charge in [-0.25, -0.2) is 4.79 Å². The predicted molar refractivity (Wildman–Crippen MR) is 397 cm³/mol. The van der Waals surface area contributed by atoms with E-state index in [-0.39, 0.29) is 197 Å². The van der Waals surface area contributed by atoms with Gasteiger partial charge in [0.2, 0.25) is 59.1 Å². The van der Waals surface area contributed by atoms with Gasteiger partial charge in [-0.15, -0.1) is 0 Å². The van der Waals surface area contributed by atoms with Crippen molar-refractivity contribution in [1.82, 2.24) is 52.8 Å². The summed E-state index contributed by atoms with van der Waals surface area (Å²) in [6, 6.07) is 14.4. The molecule has 586 valence electrons. The average Bonchev–Trinajstić information content (AvgIpc) is 0.806. The Balaban J connectivity index is 1.11. The lowest BCUT2D eigenvalue weighted by Gasteiger charge is -2.38. The normalized spacial score (nSPS) is 13.4. The number of rotatable bonds is 56. The number of carboxylic acids is 1. The van der Waals surface area contributed by atoms with E-state index < -0.39 is 71.1 Å². The molecule has 1 saturated carbocycles. The number of anilines is 2. The number of Topliss-reactive ketones (excluding diaryl/α,β-unsaturated/α-hetero) is 1. The third kappa shape index (κ3) is 39.3. The molecule has 4 rings (SSSR count). The Bertz CT molecular complexity index is 3240. The fourth-order valence-corrected chi connectivity index (χ4v) is 11.3. The fourth-order valence-electron chi connectivity index (χ4n) is 11.2. The first kappa shape index (κ1) is 89.2. The molecule has 0 spiro atoms. The van der Waals surface area contributed by atoms with Gasteiger partial charge in [-0.2, -0.15) is 12.6 Å². The third-order valence-electron chi connectivity index (χ3n) is 17.1. The maximum absolute atomic E-state index is 14.4. The number of nitrogens with one attached hydrogen (secondary N) is 11. The predicted octanol–water partition coefficient (Wildman–Crippen LogP) is 2.24. The van der Waals surface area contributed by atoms with Crippen LogP contribution in [-0.4, -0.2) is 208 Å². The van der Waals surface area contributed by atoms with Crippen molar-refractivity contribution in [1.29, 1.82) is 0 Å². The molecule has 106 heavy (non-hydrogen) atoms. The lowest BCUT2D eigenvalue weighted by atomic mass is 9.80. The zero-order valence-electron chi connectivity index (χ0n) is 60.8. The second-order valence-corrected chi connectivity index (χ2v) is 26.1. The van der Waals surface area contributed by atoms with E-state index in [2.05, 4.69) is 76.1 Å². The number of primary amides is 1. The van der Waals surface area contributed by atoms with E-state index in [9.17, 15) is 67.4 Å². The van der Waals surface area contributed by atoms with Crippen molar-refractivity contribution in [2.75, 3.05) is 109 Å². The molecule has 12 amide bonds. The van der Waals surface area contributed by atoms with Gasteiger partial charge in [0, 0.05) is 126 Å². The molecule has 0 bridgehead atoms. The summed E-state index contributed by atoms with van der Waals surface area (Å²) in [5.74, 6) is -6.57. The molecule has 33 heteroatoms. The minimum Gasteiger partial charge on any atom is -0.481 e. The number of carbonyl (C=O) groups is 13. The van der Waals surface area contributed by atoms with Crippen LogP contribution in [0.2, 0.25) is 0 Å². The first-order chi connectivity index (χ1) is 51.1. The number of pyridine rings is 1. The highest BCUT2D eigenvalue weighted by molar-refractivity contribution is 7.80. The van der Waals surface area contributed by atoms with E-state index in [4.69, 9.17) is 30.4 Å². The number of aliphatic carboxylic acids is 1. The molecule has 0 radical (unpaired) electrons. The maximum Gasteiger partial charge on any atom is 0.323 e. The van der Waals surface area contributed by atoms with E-state index in [1.807, 2.05) is 31.2 Å². The topological polar surface area (TPSA) is 476 Å². The third-order valence-corrected chi connectivity index (χ3v) is 17.5. The van der Waals surface area contributed by atoms with Crippen LogP contribution in [-0.2, 0) is 89.3 Å². The first-order valence-corrected chi connectivity index (χ1v) is 37.1. The number of amides is 12. The van der Waals surface area contributed by atoms with Crippen LogP contribution < -0.4 is 70.0 Å². The number of aryl methyl sites for hydroxylation is 2. The van der Waals surface area contributed by atoms with Gasteiger partial charge in [-0.3, -0.25) is 62.5 Å². The van der Waals surface area contributed by atoms with Crippen LogP contribution in [0.5, 0.6) is 0 Å². The fraction of sp³-hybridized carbons (Fsp3) is 0.589. The number of nitrogens with two attached hydrogens (primary N) is 2. The van der Waals surface area contributed by atoms with E-state index >= 15 is 0 Å². The number of unbranched alkanes of at least 4 members (excludes halogenated alkanes) is 2. The van der Waals surface area contributed by atoms with E-state index in [0.717, 1.165) is 17.5 Å². The standard InChI is InChI=1S/C73H110N14O18S/c1-51-13-3-4-16-58(51)86-72(101)83-55-23-20-52(21-24-55)47-56(88)48-54(15-5-9-33-77-61(89)25-22-53-14-12-32-76-49-53)68(97)85-60(18-11-19-66(94)95)70(99)87-73(30-7-2-8-31-73)71(100)82-38-42-105-46-45-104-40-36-79-63(91)27-26-62(90)78-35-39-102-43-44-103-41-37-80-64(92)28-29-65(93)84-59(67(75)96)17-6-10-34-81-69(98)57(74)50-106/h3-4,12-14,16,20-21,23-24,32,49,54,57,59-60,106H,2,5-11,15,17-19,22,25-31,33-48,50,74H2,1H3,(H2,75,96)(H,77,89)(H,78,90)(H,79,91)(H,80,92)(H,81,98)(H,82,100)(H,84,93)(H,85,97)(H,87,99)(H,94,95)(H2,83,86,101)/t54-,57-,59+,60+/m1/s1.